The van der Waals surface area contributed by atoms with Gasteiger partial charge in [-0.3, -0.25) is 4.79 Å². The van der Waals surface area contributed by atoms with Gasteiger partial charge >= 0.3 is 5.97 Å². The van der Waals surface area contributed by atoms with Crippen molar-refractivity contribution in [2.45, 2.75) is 33.1 Å². The predicted octanol–water partition coefficient (Wildman–Crippen LogP) is 5.47. The Morgan fingerprint density at radius 1 is 1.38 bits per heavy atom. The molecule has 0 saturated carbocycles. The molecule has 0 saturated heterocycles. The molecule has 29 heavy (non-hydrogen) atoms. The molecule has 5 nitrogen and oxygen atoms in total. The van der Waals surface area contributed by atoms with Gasteiger partial charge in [0.25, 0.3) is 0 Å². The smallest absolute Gasteiger partial charge is 0.341 e. The van der Waals surface area contributed by atoms with Crippen LogP contribution < -0.4 is 10.1 Å². The number of ether oxygens (including phenoxy) is 2. The number of amides is 1. The van der Waals surface area contributed by atoms with Crippen LogP contribution in [0.4, 0.5) is 5.00 Å². The summed E-state index contributed by atoms with van der Waals surface area (Å²) in [6.07, 6.45) is 5.99. The SMILES string of the molecule is CCOC(=O)c1c(NC(=O)/C=C/c2ccc(OC)c(Br)c2)sc2c1CC[C@@H](C)C2. The van der Waals surface area contributed by atoms with E-state index in [2.05, 4.69) is 28.2 Å². The molecule has 1 aromatic heterocycles. The van der Waals surface area contributed by atoms with Crippen LogP contribution in [0.1, 0.15) is 46.6 Å². The molecular formula is C22H24BrNO4S. The van der Waals surface area contributed by atoms with Crippen molar-refractivity contribution in [1.29, 1.82) is 0 Å². The van der Waals surface area contributed by atoms with Gasteiger partial charge < -0.3 is 14.8 Å². The van der Waals surface area contributed by atoms with Crippen LogP contribution in [0.2, 0.25) is 0 Å². The third kappa shape index (κ3) is 5.08. The zero-order valence-corrected chi connectivity index (χ0v) is 19.1. The van der Waals surface area contributed by atoms with Crippen LogP contribution in [0.15, 0.2) is 28.7 Å². The Hall–Kier alpha value is -2.12. The lowest BCUT2D eigenvalue weighted by molar-refractivity contribution is -0.111. The summed E-state index contributed by atoms with van der Waals surface area (Å²) in [6.45, 7) is 4.30. The number of carbonyl (C=O) groups is 2. The molecule has 3 rings (SSSR count). The first-order chi connectivity index (χ1) is 13.9. The van der Waals surface area contributed by atoms with E-state index in [0.717, 1.165) is 40.6 Å². The lowest BCUT2D eigenvalue weighted by atomic mass is 9.88. The first-order valence-corrected chi connectivity index (χ1v) is 11.2. The molecule has 0 unspecified atom stereocenters. The standard InChI is InChI=1S/C22H24BrNO4S/c1-4-28-22(26)20-15-8-5-13(2)11-18(15)29-21(20)24-19(25)10-7-14-6-9-17(27-3)16(23)12-14/h6-7,9-10,12-13H,4-5,8,11H2,1-3H3,(H,24,25)/b10-7+/t13-/m1/s1. The van der Waals surface area contributed by atoms with Crippen molar-refractivity contribution in [2.75, 3.05) is 19.0 Å². The van der Waals surface area contributed by atoms with Crippen molar-refractivity contribution in [2.24, 2.45) is 5.92 Å². The van der Waals surface area contributed by atoms with Crippen molar-refractivity contribution < 1.29 is 19.1 Å². The van der Waals surface area contributed by atoms with E-state index in [0.29, 0.717) is 23.1 Å². The molecule has 1 aliphatic rings. The van der Waals surface area contributed by atoms with Gasteiger partial charge in [-0.05, 0) is 77.4 Å². The molecule has 0 bridgehead atoms. The second-order valence-corrected chi connectivity index (χ2v) is 8.95. The van der Waals surface area contributed by atoms with Crippen LogP contribution >= 0.6 is 27.3 Å². The Balaban J connectivity index is 1.80. The number of hydrogen-bond acceptors (Lipinski definition) is 5. The summed E-state index contributed by atoms with van der Waals surface area (Å²) in [5, 5.41) is 3.46. The molecule has 7 heteroatoms. The maximum atomic E-state index is 12.5. The lowest BCUT2D eigenvalue weighted by Gasteiger charge is -2.18. The summed E-state index contributed by atoms with van der Waals surface area (Å²) >= 11 is 4.92. The maximum Gasteiger partial charge on any atom is 0.341 e. The number of thiophene rings is 1. The molecule has 1 atom stereocenters. The van der Waals surface area contributed by atoms with E-state index in [1.54, 1.807) is 20.1 Å². The van der Waals surface area contributed by atoms with Gasteiger partial charge in [-0.1, -0.05) is 13.0 Å². The number of carbonyl (C=O) groups excluding carboxylic acids is 2. The van der Waals surface area contributed by atoms with Gasteiger partial charge in [-0.2, -0.15) is 0 Å². The van der Waals surface area contributed by atoms with Gasteiger partial charge in [-0.15, -0.1) is 11.3 Å². The fourth-order valence-electron chi connectivity index (χ4n) is 3.37. The highest BCUT2D eigenvalue weighted by molar-refractivity contribution is 9.10. The van der Waals surface area contributed by atoms with Crippen molar-refractivity contribution in [1.82, 2.24) is 0 Å². The van der Waals surface area contributed by atoms with Gasteiger partial charge in [-0.25, -0.2) is 4.79 Å². The van der Waals surface area contributed by atoms with Crippen LogP contribution in [-0.4, -0.2) is 25.6 Å². The highest BCUT2D eigenvalue weighted by Crippen LogP contribution is 2.40. The summed E-state index contributed by atoms with van der Waals surface area (Å²) in [4.78, 5) is 26.2. The Morgan fingerprint density at radius 3 is 2.86 bits per heavy atom. The van der Waals surface area contributed by atoms with E-state index >= 15 is 0 Å². The van der Waals surface area contributed by atoms with Crippen LogP contribution in [0.5, 0.6) is 5.75 Å². The van der Waals surface area contributed by atoms with Crippen molar-refractivity contribution in [3.8, 4) is 5.75 Å². The van der Waals surface area contributed by atoms with E-state index < -0.39 is 0 Å². The van der Waals surface area contributed by atoms with Crippen LogP contribution in [0, 0.1) is 5.92 Å². The zero-order valence-electron chi connectivity index (χ0n) is 16.7. The molecule has 1 heterocycles. The highest BCUT2D eigenvalue weighted by atomic mass is 79.9. The van der Waals surface area contributed by atoms with Crippen LogP contribution in [0.25, 0.3) is 6.08 Å². The Labute approximate surface area is 183 Å². The molecule has 0 spiro atoms. The van der Waals surface area contributed by atoms with E-state index in [1.165, 1.54) is 22.3 Å². The van der Waals surface area contributed by atoms with Gasteiger partial charge in [0.15, 0.2) is 0 Å². The Kier molecular flexibility index (Phi) is 7.14. The van der Waals surface area contributed by atoms with E-state index in [1.807, 2.05) is 18.2 Å². The second-order valence-electron chi connectivity index (χ2n) is 6.99. The van der Waals surface area contributed by atoms with Crippen molar-refractivity contribution in [3.05, 3.63) is 50.3 Å². The topological polar surface area (TPSA) is 64.6 Å². The minimum absolute atomic E-state index is 0.283. The summed E-state index contributed by atoms with van der Waals surface area (Å²) < 4.78 is 11.3. The van der Waals surface area contributed by atoms with Crippen molar-refractivity contribution in [3.63, 3.8) is 0 Å². The number of nitrogens with one attached hydrogen (secondary N) is 1. The molecule has 2 aromatic rings. The molecule has 154 valence electrons. The van der Waals surface area contributed by atoms with Gasteiger partial charge in [0.1, 0.15) is 10.8 Å². The number of halogens is 1. The highest BCUT2D eigenvalue weighted by Gasteiger charge is 2.28. The largest absolute Gasteiger partial charge is 0.496 e. The minimum Gasteiger partial charge on any atom is -0.496 e. The monoisotopic (exact) mass is 477 g/mol. The quantitative estimate of drug-likeness (QED) is 0.442. The fourth-order valence-corrected chi connectivity index (χ4v) is 5.33. The summed E-state index contributed by atoms with van der Waals surface area (Å²) in [7, 11) is 1.60. The maximum absolute atomic E-state index is 12.5. The minimum atomic E-state index is -0.363. The molecule has 0 radical (unpaired) electrons. The second kappa shape index (κ2) is 9.59. The van der Waals surface area contributed by atoms with Gasteiger partial charge in [0.05, 0.1) is 23.8 Å². The lowest BCUT2D eigenvalue weighted by Crippen LogP contribution is -2.15. The van der Waals surface area contributed by atoms with E-state index in [9.17, 15) is 9.59 Å². The number of rotatable bonds is 6. The number of fused-ring (bicyclic) bond motifs is 1. The van der Waals surface area contributed by atoms with Crippen molar-refractivity contribution >= 4 is 50.2 Å². The summed E-state index contributed by atoms with van der Waals surface area (Å²) in [5.74, 6) is 0.657. The number of hydrogen-bond donors (Lipinski definition) is 1. The zero-order chi connectivity index (χ0) is 21.0. The van der Waals surface area contributed by atoms with Gasteiger partial charge in [0.2, 0.25) is 5.91 Å². The molecule has 0 fully saturated rings. The fraction of sp³-hybridized carbons (Fsp3) is 0.364. The predicted molar refractivity (Wildman–Crippen MR) is 120 cm³/mol. The third-order valence-electron chi connectivity index (χ3n) is 4.83. The normalized spacial score (nSPS) is 15.8. The number of anilines is 1. The van der Waals surface area contributed by atoms with E-state index in [-0.39, 0.29) is 11.9 Å². The summed E-state index contributed by atoms with van der Waals surface area (Å²) in [6, 6.07) is 5.57. The average Bonchev–Trinajstić information content (AvgIpc) is 3.03. The Bertz CT molecular complexity index is 951. The first-order valence-electron chi connectivity index (χ1n) is 9.57. The van der Waals surface area contributed by atoms with Gasteiger partial charge in [0, 0.05) is 11.0 Å². The molecule has 1 N–H and O–H groups in total. The molecule has 1 amide bonds. The molecular weight excluding hydrogens is 454 g/mol. The van der Waals surface area contributed by atoms with Crippen LogP contribution in [-0.2, 0) is 22.4 Å². The molecule has 0 aliphatic heterocycles. The number of esters is 1. The molecule has 1 aliphatic carbocycles. The third-order valence-corrected chi connectivity index (χ3v) is 6.62. The molecule has 1 aromatic carbocycles. The van der Waals surface area contributed by atoms with E-state index in [4.69, 9.17) is 9.47 Å². The Morgan fingerprint density at radius 2 is 2.17 bits per heavy atom. The number of methoxy groups -OCH3 is 1. The average molecular weight is 478 g/mol. The first kappa shape index (κ1) is 21.6. The number of benzene rings is 1. The van der Waals surface area contributed by atoms with Crippen LogP contribution in [0.3, 0.4) is 0 Å². The summed E-state index contributed by atoms with van der Waals surface area (Å²) in [5.41, 5.74) is 2.41.